The van der Waals surface area contributed by atoms with Crippen LogP contribution in [0.3, 0.4) is 0 Å². The lowest BCUT2D eigenvalue weighted by molar-refractivity contribution is 1.56. The van der Waals surface area contributed by atoms with Crippen LogP contribution in [0.5, 0.6) is 0 Å². The molecule has 10 aliphatic rings. The van der Waals surface area contributed by atoms with Crippen LogP contribution in [0.4, 0.5) is 0 Å². The van der Waals surface area contributed by atoms with E-state index in [9.17, 15) is 0 Å². The molecule has 0 saturated carbocycles. The summed E-state index contributed by atoms with van der Waals surface area (Å²) in [4.78, 5) is 0. The molecule has 0 heteroatoms. The molecule has 0 radical (unpaired) electrons. The van der Waals surface area contributed by atoms with Crippen molar-refractivity contribution in [2.24, 2.45) is 0 Å². The molecule has 6 aromatic rings. The van der Waals surface area contributed by atoms with Gasteiger partial charge in [-0.2, -0.15) is 0 Å². The molecule has 0 amide bonds. The molecule has 60 heavy (non-hydrogen) atoms. The second-order valence-corrected chi connectivity index (χ2v) is 12.5. The summed E-state index contributed by atoms with van der Waals surface area (Å²) in [7, 11) is 0. The summed E-state index contributed by atoms with van der Waals surface area (Å²) in [5, 5.41) is 10.2. The van der Waals surface area contributed by atoms with Crippen molar-refractivity contribution in [1.29, 1.82) is 0 Å². The van der Waals surface area contributed by atoms with Crippen molar-refractivity contribution in [3.05, 3.63) is 277 Å². The molecule has 264 valence electrons. The fourth-order valence-electron chi connectivity index (χ4n) is 5.06. The fourth-order valence-corrected chi connectivity index (χ4v) is 5.06. The minimum Gasteiger partial charge on any atom is -0.0528 e. The summed E-state index contributed by atoms with van der Waals surface area (Å²) in [6, 6.07) is 46.0. The van der Waals surface area contributed by atoms with E-state index in [-0.39, 0.29) is 0 Å². The third-order valence-electron chi connectivity index (χ3n) is 8.17. The predicted octanol–water partition coefficient (Wildman–Crippen LogP) is 1.95. The van der Waals surface area contributed by atoms with E-state index >= 15 is 0 Å². The molecule has 0 nitrogen and oxygen atoms in total. The molecule has 0 saturated heterocycles. The zero-order valence-electron chi connectivity index (χ0n) is 31.9. The number of rotatable bonds is 0. The standard InChI is InChI=1S/C60H24/c1-2-14-50-29-31-52(32-30-50)16-5-6-18-54-37-39-56(40-38-54)20-9-10-22-58-45-47-60(48-46-58)24-12-11-23-59-43-41-57(42-44-59)21-8-7-19-55-35-33-53(34-36-55)17-4-3-15-51-27-25-49(13-1)26-28-51/h25-48H. The number of hydrogen-bond donors (Lipinski definition) is 0. The fraction of sp³-hybridized carbons (Fsp3) is 0. The van der Waals surface area contributed by atoms with Gasteiger partial charge in [-0.3, -0.25) is 0 Å². The molecule has 16 rings (SSSR count). The minimum absolute atomic E-state index is 0.847. The first-order valence-electron chi connectivity index (χ1n) is 18.4. The molecule has 0 aliphatic heterocycles. The van der Waals surface area contributed by atoms with Gasteiger partial charge in [-0.05, 0) is 214 Å². The quantitative estimate of drug-likeness (QED) is 0.209. The van der Waals surface area contributed by atoms with E-state index in [4.69, 9.17) is 0 Å². The van der Waals surface area contributed by atoms with Crippen molar-refractivity contribution < 1.29 is 0 Å². The number of hydrogen-bond acceptors (Lipinski definition) is 0. The van der Waals surface area contributed by atoms with Crippen LogP contribution in [-0.4, -0.2) is 0 Å². The predicted molar refractivity (Wildman–Crippen MR) is 237 cm³/mol. The van der Waals surface area contributed by atoms with Crippen molar-refractivity contribution in [2.75, 3.05) is 0 Å². The smallest absolute Gasteiger partial charge is 0.0256 e. The Morgan fingerprint density at radius 1 is 0.117 bits per heavy atom. The molecular formula is C60H24. The highest BCUT2D eigenvalue weighted by Crippen LogP contribution is 1.74. The first kappa shape index (κ1) is 38.3. The van der Waals surface area contributed by atoms with Crippen LogP contribution in [0.15, 0.2) is 214 Å². The van der Waals surface area contributed by atoms with Gasteiger partial charge in [0.15, 0.2) is 0 Å². The highest BCUT2D eigenvalue weighted by molar-refractivity contribution is 5.34. The SMILES string of the molecule is C1=C=C=c2ccc(cc2)=C=C=C=C=c2ccc(cc2)=C=C=C=C=c2ccc(cc2)=C=C=C=C=c2ccc(cc2)=C=C=C=C=c2ccc(cc2)=C=C=C=C=c2ccc(cc2)=C=1. The molecule has 0 heterocycles. The maximum absolute atomic E-state index is 3.07. The Morgan fingerprint density at radius 2 is 0.183 bits per heavy atom. The number of benzene rings is 6. The van der Waals surface area contributed by atoms with Crippen molar-refractivity contribution in [2.45, 2.75) is 0 Å². The van der Waals surface area contributed by atoms with E-state index < -0.39 is 0 Å². The van der Waals surface area contributed by atoms with Crippen LogP contribution in [0.25, 0.3) is 68.8 Å². The van der Waals surface area contributed by atoms with Crippen LogP contribution in [-0.2, 0) is 0 Å². The van der Waals surface area contributed by atoms with E-state index in [0.29, 0.717) is 0 Å². The monoisotopic (exact) mass is 744 g/mol. The molecule has 0 spiro atoms. The Labute approximate surface area is 344 Å². The summed E-state index contributed by atoms with van der Waals surface area (Å²) in [6.07, 6.45) is 0. The van der Waals surface area contributed by atoms with Crippen LogP contribution in [0.1, 0.15) is 0 Å². The Hall–Kier alpha value is -9.96. The van der Waals surface area contributed by atoms with Gasteiger partial charge in [0.25, 0.3) is 0 Å². The lowest BCUT2D eigenvalue weighted by Crippen LogP contribution is -2.04. The molecule has 0 N–H and O–H groups in total. The summed E-state index contributed by atoms with van der Waals surface area (Å²) in [5.74, 6) is 0. The highest BCUT2D eigenvalue weighted by Gasteiger charge is 1.81. The van der Waals surface area contributed by atoms with E-state index in [0.717, 1.165) is 62.6 Å². The van der Waals surface area contributed by atoms with Crippen LogP contribution >= 0.6 is 0 Å². The van der Waals surface area contributed by atoms with Gasteiger partial charge in [-0.25, -0.2) is 0 Å². The maximum atomic E-state index is 3.07. The molecule has 0 fully saturated rings. The summed E-state index contributed by atoms with van der Waals surface area (Å²) in [5.41, 5.74) is 71.9. The van der Waals surface area contributed by atoms with Crippen LogP contribution < -0.4 is 62.6 Å². The van der Waals surface area contributed by atoms with Gasteiger partial charge in [0, 0.05) is 62.6 Å². The average Bonchev–Trinajstić information content (AvgIpc) is 3.29. The van der Waals surface area contributed by atoms with Crippen molar-refractivity contribution in [1.82, 2.24) is 0 Å². The molecule has 12 bridgehead atoms. The second-order valence-electron chi connectivity index (χ2n) is 12.5. The Bertz CT molecular complexity index is 3230. The van der Waals surface area contributed by atoms with Gasteiger partial charge >= 0.3 is 0 Å². The van der Waals surface area contributed by atoms with Crippen molar-refractivity contribution in [3.8, 4) is 0 Å². The summed E-state index contributed by atoms with van der Waals surface area (Å²) >= 11 is 0. The molecule has 10 aliphatic carbocycles. The van der Waals surface area contributed by atoms with E-state index in [1.54, 1.807) is 0 Å². The largest absolute Gasteiger partial charge is 0.0528 e. The third kappa shape index (κ3) is 12.5. The Kier molecular flexibility index (Phi) is 13.2. The second kappa shape index (κ2) is 20.6. The first-order chi connectivity index (χ1) is 29.7. The van der Waals surface area contributed by atoms with E-state index in [1.165, 1.54) is 0 Å². The van der Waals surface area contributed by atoms with Gasteiger partial charge in [0.05, 0.1) is 0 Å². The normalized spacial score (nSPS) is 10.0. The van der Waals surface area contributed by atoms with Crippen molar-refractivity contribution >= 4 is 68.8 Å². The average molecular weight is 745 g/mol. The van der Waals surface area contributed by atoms with Gasteiger partial charge < -0.3 is 0 Å². The molecule has 0 aromatic heterocycles. The van der Waals surface area contributed by atoms with Gasteiger partial charge in [0.1, 0.15) is 0 Å². The molecule has 0 unspecified atom stereocenters. The topological polar surface area (TPSA) is 0 Å². The summed E-state index contributed by atoms with van der Waals surface area (Å²) in [6.45, 7) is 0. The van der Waals surface area contributed by atoms with Crippen molar-refractivity contribution in [3.63, 3.8) is 0 Å². The highest BCUT2D eigenvalue weighted by atomic mass is 13.8. The zero-order chi connectivity index (χ0) is 40.9. The summed E-state index contributed by atoms with van der Waals surface area (Å²) < 4.78 is 0. The Balaban J connectivity index is 1.34. The van der Waals surface area contributed by atoms with Gasteiger partial charge in [0.2, 0.25) is 0 Å². The third-order valence-corrected chi connectivity index (χ3v) is 8.17. The van der Waals surface area contributed by atoms with Crippen LogP contribution in [0, 0.1) is 0 Å². The lowest BCUT2D eigenvalue weighted by atomic mass is 10.2. The van der Waals surface area contributed by atoms with Gasteiger partial charge in [-0.1, -0.05) is 68.8 Å². The van der Waals surface area contributed by atoms with E-state index in [2.05, 4.69) is 138 Å². The zero-order valence-corrected chi connectivity index (χ0v) is 31.9. The molecule has 0 atom stereocenters. The van der Waals surface area contributed by atoms with E-state index in [1.807, 2.05) is 146 Å². The minimum atomic E-state index is 0.847. The Morgan fingerprint density at radius 3 is 0.250 bits per heavy atom. The molecular weight excluding hydrogens is 721 g/mol. The lowest BCUT2D eigenvalue weighted by Gasteiger charge is -1.79. The van der Waals surface area contributed by atoms with Gasteiger partial charge in [-0.15, -0.1) is 0 Å². The van der Waals surface area contributed by atoms with Crippen LogP contribution in [0.2, 0.25) is 0 Å². The first-order valence-corrected chi connectivity index (χ1v) is 18.4. The maximum Gasteiger partial charge on any atom is 0.0256 e. The molecule has 6 aromatic carbocycles.